The summed E-state index contributed by atoms with van der Waals surface area (Å²) >= 11 is 1.60. The van der Waals surface area contributed by atoms with Gasteiger partial charge in [-0.15, -0.1) is 22.0 Å². The van der Waals surface area contributed by atoms with Gasteiger partial charge in [0.25, 0.3) is 5.91 Å². The lowest BCUT2D eigenvalue weighted by molar-refractivity contribution is 0.102. The van der Waals surface area contributed by atoms with E-state index in [1.807, 2.05) is 36.6 Å². The summed E-state index contributed by atoms with van der Waals surface area (Å²) in [5.74, 6) is 1.31. The molecule has 154 valence electrons. The molecule has 4 rings (SSSR count). The summed E-state index contributed by atoms with van der Waals surface area (Å²) in [6.45, 7) is 1.94. The van der Waals surface area contributed by atoms with Gasteiger partial charge >= 0.3 is 0 Å². The van der Waals surface area contributed by atoms with Crippen LogP contribution in [0.1, 0.15) is 28.9 Å². The fourth-order valence-electron chi connectivity index (χ4n) is 3.86. The van der Waals surface area contributed by atoms with E-state index < -0.39 is 0 Å². The van der Waals surface area contributed by atoms with Crippen molar-refractivity contribution in [1.82, 2.24) is 10.2 Å². The third kappa shape index (κ3) is 5.00. The number of nitrogens with zero attached hydrogens (tertiary/aromatic N) is 3. The van der Waals surface area contributed by atoms with Crippen LogP contribution >= 0.6 is 11.8 Å². The number of anilines is 2. The summed E-state index contributed by atoms with van der Waals surface area (Å²) in [6, 6.07) is 22.1. The molecule has 2 heterocycles. The molecule has 2 aromatic carbocycles. The van der Waals surface area contributed by atoms with E-state index in [2.05, 4.69) is 50.7 Å². The van der Waals surface area contributed by atoms with Crippen LogP contribution in [0.3, 0.4) is 0 Å². The molecule has 1 aromatic heterocycles. The van der Waals surface area contributed by atoms with Crippen molar-refractivity contribution in [2.24, 2.45) is 5.92 Å². The summed E-state index contributed by atoms with van der Waals surface area (Å²) < 4.78 is 0. The smallest absolute Gasteiger partial charge is 0.276 e. The van der Waals surface area contributed by atoms with Gasteiger partial charge in [-0.05, 0) is 61.3 Å². The Balaban J connectivity index is 1.33. The molecule has 0 radical (unpaired) electrons. The Morgan fingerprint density at radius 3 is 2.43 bits per heavy atom. The minimum absolute atomic E-state index is 0.239. The molecule has 0 spiro atoms. The molecular formula is C24H26N4OS. The van der Waals surface area contributed by atoms with Crippen LogP contribution in [0, 0.1) is 5.92 Å². The lowest BCUT2D eigenvalue weighted by Gasteiger charge is -2.32. The van der Waals surface area contributed by atoms with Gasteiger partial charge in [0.15, 0.2) is 11.5 Å². The van der Waals surface area contributed by atoms with Gasteiger partial charge in [-0.2, -0.15) is 0 Å². The maximum absolute atomic E-state index is 12.5. The average Bonchev–Trinajstić information content (AvgIpc) is 2.81. The number of hydrogen-bond donors (Lipinski definition) is 1. The molecule has 1 amide bonds. The van der Waals surface area contributed by atoms with Crippen molar-refractivity contribution < 1.29 is 4.79 Å². The van der Waals surface area contributed by atoms with Crippen LogP contribution in [0.2, 0.25) is 0 Å². The van der Waals surface area contributed by atoms with Gasteiger partial charge in [0.2, 0.25) is 0 Å². The van der Waals surface area contributed by atoms with Crippen LogP contribution in [-0.2, 0) is 6.42 Å². The summed E-state index contributed by atoms with van der Waals surface area (Å²) in [5, 5.41) is 11.4. The summed E-state index contributed by atoms with van der Waals surface area (Å²) in [6.07, 6.45) is 5.41. The second-order valence-corrected chi connectivity index (χ2v) is 8.40. The van der Waals surface area contributed by atoms with Crippen molar-refractivity contribution in [1.29, 1.82) is 0 Å². The maximum Gasteiger partial charge on any atom is 0.276 e. The summed E-state index contributed by atoms with van der Waals surface area (Å²) in [4.78, 5) is 15.8. The second kappa shape index (κ2) is 9.76. The highest BCUT2D eigenvalue weighted by molar-refractivity contribution is 7.98. The van der Waals surface area contributed by atoms with E-state index >= 15 is 0 Å². The van der Waals surface area contributed by atoms with E-state index in [9.17, 15) is 4.79 Å². The molecule has 0 unspecified atom stereocenters. The van der Waals surface area contributed by atoms with Gasteiger partial charge in [-0.1, -0.05) is 42.5 Å². The number of rotatable bonds is 6. The highest BCUT2D eigenvalue weighted by Gasteiger charge is 2.21. The van der Waals surface area contributed by atoms with Crippen molar-refractivity contribution in [2.75, 3.05) is 29.6 Å². The maximum atomic E-state index is 12.5. The quantitative estimate of drug-likeness (QED) is 0.577. The lowest BCUT2D eigenvalue weighted by Crippen LogP contribution is -2.35. The van der Waals surface area contributed by atoms with Crippen LogP contribution in [-0.4, -0.2) is 35.4 Å². The van der Waals surface area contributed by atoms with Crippen molar-refractivity contribution >= 4 is 29.2 Å². The molecule has 1 fully saturated rings. The molecule has 30 heavy (non-hydrogen) atoms. The zero-order valence-electron chi connectivity index (χ0n) is 17.1. The van der Waals surface area contributed by atoms with Gasteiger partial charge in [-0.25, -0.2) is 0 Å². The van der Waals surface area contributed by atoms with Crippen LogP contribution < -0.4 is 10.2 Å². The Kier molecular flexibility index (Phi) is 6.64. The third-order valence-corrected chi connectivity index (χ3v) is 6.34. The molecule has 1 saturated heterocycles. The number of amides is 1. The molecule has 0 atom stereocenters. The molecule has 5 nitrogen and oxygen atoms in total. The third-order valence-electron chi connectivity index (χ3n) is 5.54. The highest BCUT2D eigenvalue weighted by Crippen LogP contribution is 2.26. The van der Waals surface area contributed by atoms with E-state index in [4.69, 9.17) is 0 Å². The minimum atomic E-state index is -0.239. The number of para-hydroxylation sites is 1. The molecular weight excluding hydrogens is 392 g/mol. The van der Waals surface area contributed by atoms with Crippen molar-refractivity contribution in [3.8, 4) is 0 Å². The van der Waals surface area contributed by atoms with Crippen LogP contribution in [0.15, 0.2) is 71.6 Å². The molecule has 6 heteroatoms. The first-order valence-corrected chi connectivity index (χ1v) is 11.5. The number of thioether (sulfide) groups is 1. The van der Waals surface area contributed by atoms with Crippen molar-refractivity contribution in [3.05, 3.63) is 78.0 Å². The number of hydrogen-bond acceptors (Lipinski definition) is 5. The van der Waals surface area contributed by atoms with Crippen LogP contribution in [0.5, 0.6) is 0 Å². The normalized spacial score (nSPS) is 14.5. The molecule has 1 aliphatic heterocycles. The summed E-state index contributed by atoms with van der Waals surface area (Å²) in [7, 11) is 0. The Hall–Kier alpha value is -2.86. The second-order valence-electron chi connectivity index (χ2n) is 7.55. The van der Waals surface area contributed by atoms with Gasteiger partial charge < -0.3 is 10.2 Å². The SMILES string of the molecule is CSc1ccccc1NC(=O)c1ccc(N2CCC(Cc3ccccc3)CC2)nn1. The Labute approximate surface area is 181 Å². The van der Waals surface area contributed by atoms with Gasteiger partial charge in [-0.3, -0.25) is 4.79 Å². The first-order chi connectivity index (χ1) is 14.7. The standard InChI is InChI=1S/C24H26N4OS/c1-30-22-10-6-5-9-20(22)25-24(29)21-11-12-23(27-26-21)28-15-13-19(14-16-28)17-18-7-3-2-4-8-18/h2-12,19H,13-17H2,1H3,(H,25,29). The van der Waals surface area contributed by atoms with Gasteiger partial charge in [0, 0.05) is 18.0 Å². The zero-order valence-corrected chi connectivity index (χ0v) is 17.9. The highest BCUT2D eigenvalue weighted by atomic mass is 32.2. The zero-order chi connectivity index (χ0) is 20.8. The number of benzene rings is 2. The van der Waals surface area contributed by atoms with E-state index in [1.165, 1.54) is 5.56 Å². The topological polar surface area (TPSA) is 58.1 Å². The van der Waals surface area contributed by atoms with E-state index in [1.54, 1.807) is 17.8 Å². The molecule has 0 bridgehead atoms. The number of carbonyl (C=O) groups is 1. The lowest BCUT2D eigenvalue weighted by atomic mass is 9.90. The molecule has 1 aliphatic rings. The fraction of sp³-hybridized carbons (Fsp3) is 0.292. The first-order valence-electron chi connectivity index (χ1n) is 10.3. The minimum Gasteiger partial charge on any atom is -0.355 e. The van der Waals surface area contributed by atoms with Crippen molar-refractivity contribution in [2.45, 2.75) is 24.2 Å². The number of nitrogens with one attached hydrogen (secondary N) is 1. The predicted octanol–water partition coefficient (Wildman–Crippen LogP) is 4.91. The van der Waals surface area contributed by atoms with E-state index in [0.29, 0.717) is 11.6 Å². The van der Waals surface area contributed by atoms with Crippen molar-refractivity contribution in [3.63, 3.8) is 0 Å². The first kappa shape index (κ1) is 20.4. The number of piperidine rings is 1. The molecule has 3 aromatic rings. The Morgan fingerprint density at radius 1 is 1.00 bits per heavy atom. The van der Waals surface area contributed by atoms with Gasteiger partial charge in [0.1, 0.15) is 0 Å². The number of carbonyl (C=O) groups excluding carboxylic acids is 1. The van der Waals surface area contributed by atoms with E-state index in [0.717, 1.165) is 48.8 Å². The average molecular weight is 419 g/mol. The Bertz CT molecular complexity index is 970. The molecule has 1 N–H and O–H groups in total. The monoisotopic (exact) mass is 418 g/mol. The molecule has 0 saturated carbocycles. The largest absolute Gasteiger partial charge is 0.355 e. The summed E-state index contributed by atoms with van der Waals surface area (Å²) in [5.41, 5.74) is 2.53. The van der Waals surface area contributed by atoms with E-state index in [-0.39, 0.29) is 5.91 Å². The van der Waals surface area contributed by atoms with Crippen LogP contribution in [0.4, 0.5) is 11.5 Å². The number of aromatic nitrogens is 2. The van der Waals surface area contributed by atoms with Crippen LogP contribution in [0.25, 0.3) is 0 Å². The Morgan fingerprint density at radius 2 is 1.73 bits per heavy atom. The fourth-order valence-corrected chi connectivity index (χ4v) is 4.42. The predicted molar refractivity (Wildman–Crippen MR) is 123 cm³/mol. The van der Waals surface area contributed by atoms with Gasteiger partial charge in [0.05, 0.1) is 5.69 Å². The molecule has 0 aliphatic carbocycles.